The smallest absolute Gasteiger partial charge is 0.351 e. The molecule has 4 rings (SSSR count). The van der Waals surface area contributed by atoms with E-state index in [1.54, 1.807) is 24.3 Å². The topological polar surface area (TPSA) is 122 Å². The molecule has 0 bridgehead atoms. The first kappa shape index (κ1) is 16.3. The molecule has 2 aromatic heterocycles. The molecule has 1 atom stereocenters. The SMILES string of the molecule is NC(=O)c1ccc(Nc2nc3[nH]ccc3c(NC3CCCNC3)[nH+]2)cc1. The maximum atomic E-state index is 11.2. The van der Waals surface area contributed by atoms with Crippen molar-refractivity contribution >= 4 is 34.4 Å². The number of aromatic nitrogens is 3. The number of amides is 1. The van der Waals surface area contributed by atoms with Gasteiger partial charge in [0.1, 0.15) is 0 Å². The van der Waals surface area contributed by atoms with Gasteiger partial charge >= 0.3 is 5.95 Å². The number of hydrogen-bond acceptors (Lipinski definition) is 5. The highest BCUT2D eigenvalue weighted by Gasteiger charge is 2.20. The minimum Gasteiger partial charge on any atom is -0.366 e. The summed E-state index contributed by atoms with van der Waals surface area (Å²) in [6.45, 7) is 2.02. The number of H-pyrrole nitrogens is 2. The van der Waals surface area contributed by atoms with Crippen LogP contribution in [0.5, 0.6) is 0 Å². The Morgan fingerprint density at radius 3 is 2.85 bits per heavy atom. The lowest BCUT2D eigenvalue weighted by atomic mass is 10.1. The number of piperidine rings is 1. The summed E-state index contributed by atoms with van der Waals surface area (Å²) in [7, 11) is 0. The third kappa shape index (κ3) is 3.45. The van der Waals surface area contributed by atoms with Gasteiger partial charge in [-0.2, -0.15) is 0 Å². The van der Waals surface area contributed by atoms with Crippen molar-refractivity contribution in [2.24, 2.45) is 5.73 Å². The first-order valence-electron chi connectivity index (χ1n) is 8.73. The van der Waals surface area contributed by atoms with Crippen LogP contribution in [0.4, 0.5) is 17.5 Å². The van der Waals surface area contributed by atoms with Gasteiger partial charge in [-0.1, -0.05) is 4.98 Å². The molecule has 1 unspecified atom stereocenters. The highest BCUT2D eigenvalue weighted by Crippen LogP contribution is 2.21. The van der Waals surface area contributed by atoms with Gasteiger partial charge in [0, 0.05) is 18.3 Å². The van der Waals surface area contributed by atoms with E-state index >= 15 is 0 Å². The molecule has 1 aromatic carbocycles. The fourth-order valence-electron chi connectivity index (χ4n) is 3.19. The average molecular weight is 352 g/mol. The second kappa shape index (κ2) is 7.01. The summed E-state index contributed by atoms with van der Waals surface area (Å²) in [5.41, 5.74) is 7.36. The molecule has 3 aromatic rings. The van der Waals surface area contributed by atoms with Crippen molar-refractivity contribution < 1.29 is 9.78 Å². The molecule has 0 radical (unpaired) electrons. The van der Waals surface area contributed by atoms with E-state index in [1.165, 1.54) is 0 Å². The maximum absolute atomic E-state index is 11.2. The van der Waals surface area contributed by atoms with Crippen molar-refractivity contribution in [2.45, 2.75) is 18.9 Å². The fraction of sp³-hybridized carbons (Fsp3) is 0.278. The number of benzene rings is 1. The van der Waals surface area contributed by atoms with Gasteiger partial charge in [0.2, 0.25) is 17.4 Å². The summed E-state index contributed by atoms with van der Waals surface area (Å²) in [4.78, 5) is 22.3. The van der Waals surface area contributed by atoms with E-state index < -0.39 is 5.91 Å². The van der Waals surface area contributed by atoms with Crippen molar-refractivity contribution in [3.05, 3.63) is 42.1 Å². The van der Waals surface area contributed by atoms with Crippen molar-refractivity contribution in [1.29, 1.82) is 0 Å². The van der Waals surface area contributed by atoms with E-state index in [0.717, 1.165) is 48.5 Å². The molecule has 0 saturated carbocycles. The minimum atomic E-state index is -0.443. The van der Waals surface area contributed by atoms with Gasteiger partial charge in [0.25, 0.3) is 0 Å². The van der Waals surface area contributed by atoms with Gasteiger partial charge in [-0.25, -0.2) is 4.98 Å². The first-order chi connectivity index (χ1) is 12.7. The molecule has 1 aliphatic rings. The Kier molecular flexibility index (Phi) is 4.40. The van der Waals surface area contributed by atoms with Crippen molar-refractivity contribution in [1.82, 2.24) is 15.3 Å². The third-order valence-corrected chi connectivity index (χ3v) is 4.54. The highest BCUT2D eigenvalue weighted by molar-refractivity contribution is 5.93. The molecule has 1 fully saturated rings. The number of primary amides is 1. The standard InChI is InChI=1S/C18H21N7O/c19-15(26)11-3-5-12(6-4-11)23-18-24-16-14(7-9-21-16)17(25-18)22-13-2-1-8-20-10-13/h3-7,9,13,20H,1-2,8,10H2,(H2,19,26)(H3,21,22,23,24,25)/p+1. The Balaban J connectivity index is 1.59. The van der Waals surface area contributed by atoms with Crippen LogP contribution >= 0.6 is 0 Å². The lowest BCUT2D eigenvalue weighted by Crippen LogP contribution is -2.39. The fourth-order valence-corrected chi connectivity index (χ4v) is 3.19. The van der Waals surface area contributed by atoms with Crippen LogP contribution in [0, 0.1) is 0 Å². The Labute approximate surface area is 150 Å². The van der Waals surface area contributed by atoms with Crippen LogP contribution in [0.1, 0.15) is 23.2 Å². The van der Waals surface area contributed by atoms with Crippen LogP contribution in [0.25, 0.3) is 11.0 Å². The second-order valence-corrected chi connectivity index (χ2v) is 6.45. The zero-order valence-corrected chi connectivity index (χ0v) is 14.3. The quantitative estimate of drug-likeness (QED) is 0.475. The predicted octanol–water partition coefficient (Wildman–Crippen LogP) is 1.38. The molecule has 3 heterocycles. The largest absolute Gasteiger partial charge is 0.366 e. The van der Waals surface area contributed by atoms with E-state index in [1.807, 2.05) is 12.3 Å². The molecule has 1 aliphatic heterocycles. The van der Waals surface area contributed by atoms with Gasteiger partial charge in [-0.3, -0.25) is 10.1 Å². The zero-order valence-electron chi connectivity index (χ0n) is 14.3. The van der Waals surface area contributed by atoms with E-state index in [0.29, 0.717) is 17.6 Å². The molecule has 8 nitrogen and oxygen atoms in total. The van der Waals surface area contributed by atoms with Crippen molar-refractivity contribution in [3.63, 3.8) is 0 Å². The second-order valence-electron chi connectivity index (χ2n) is 6.45. The van der Waals surface area contributed by atoms with Crippen molar-refractivity contribution in [3.8, 4) is 0 Å². The Morgan fingerprint density at radius 2 is 2.12 bits per heavy atom. The van der Waals surface area contributed by atoms with Crippen LogP contribution in [-0.4, -0.2) is 35.0 Å². The van der Waals surface area contributed by atoms with E-state index in [-0.39, 0.29) is 0 Å². The minimum absolute atomic E-state index is 0.378. The first-order valence-corrected chi connectivity index (χ1v) is 8.73. The molecule has 0 spiro atoms. The number of anilines is 3. The summed E-state index contributed by atoms with van der Waals surface area (Å²) in [5, 5.41) is 11.2. The van der Waals surface area contributed by atoms with Crippen LogP contribution in [-0.2, 0) is 0 Å². The molecule has 1 amide bonds. The molecule has 1 saturated heterocycles. The van der Waals surface area contributed by atoms with Crippen LogP contribution in [0.2, 0.25) is 0 Å². The summed E-state index contributed by atoms with van der Waals surface area (Å²) >= 11 is 0. The van der Waals surface area contributed by atoms with Gasteiger partial charge in [-0.15, -0.1) is 0 Å². The third-order valence-electron chi connectivity index (χ3n) is 4.54. The van der Waals surface area contributed by atoms with Crippen LogP contribution < -0.4 is 26.7 Å². The molecular weight excluding hydrogens is 330 g/mol. The number of nitrogens with zero attached hydrogens (tertiary/aromatic N) is 1. The maximum Gasteiger partial charge on any atom is 0.351 e. The van der Waals surface area contributed by atoms with Gasteiger partial charge in [-0.05, 0) is 49.7 Å². The van der Waals surface area contributed by atoms with Gasteiger partial charge in [0.15, 0.2) is 0 Å². The Hall–Kier alpha value is -3.13. The Morgan fingerprint density at radius 1 is 1.27 bits per heavy atom. The molecular formula is C18H22N7O+. The predicted molar refractivity (Wildman–Crippen MR) is 100 cm³/mol. The summed E-state index contributed by atoms with van der Waals surface area (Å²) in [6, 6.07) is 9.35. The number of aromatic amines is 2. The zero-order chi connectivity index (χ0) is 17.9. The lowest BCUT2D eigenvalue weighted by Gasteiger charge is -2.22. The number of rotatable bonds is 5. The Bertz CT molecular complexity index is 913. The highest BCUT2D eigenvalue weighted by atomic mass is 16.1. The number of carbonyl (C=O) groups is 1. The van der Waals surface area contributed by atoms with E-state index in [9.17, 15) is 4.79 Å². The molecule has 8 heteroatoms. The monoisotopic (exact) mass is 352 g/mol. The van der Waals surface area contributed by atoms with Crippen LogP contribution in [0.3, 0.4) is 0 Å². The molecule has 26 heavy (non-hydrogen) atoms. The number of nitrogens with two attached hydrogens (primary N) is 1. The number of fused-ring (bicyclic) bond motifs is 1. The van der Waals surface area contributed by atoms with Crippen molar-refractivity contribution in [2.75, 3.05) is 23.7 Å². The van der Waals surface area contributed by atoms with Gasteiger partial charge < -0.3 is 21.4 Å². The van der Waals surface area contributed by atoms with Crippen LogP contribution in [0.15, 0.2) is 36.5 Å². The normalized spacial score (nSPS) is 17.2. The molecule has 0 aliphatic carbocycles. The summed E-state index contributed by atoms with van der Waals surface area (Å²) in [5.74, 6) is 1.10. The van der Waals surface area contributed by atoms with E-state index in [2.05, 4.69) is 30.9 Å². The van der Waals surface area contributed by atoms with Gasteiger partial charge in [0.05, 0.1) is 17.1 Å². The average Bonchev–Trinajstić information content (AvgIpc) is 3.12. The number of nitrogens with one attached hydrogen (secondary N) is 5. The van der Waals surface area contributed by atoms with E-state index in [4.69, 9.17) is 5.73 Å². The lowest BCUT2D eigenvalue weighted by molar-refractivity contribution is -0.346. The molecule has 7 N–H and O–H groups in total. The summed E-state index contributed by atoms with van der Waals surface area (Å²) < 4.78 is 0. The number of hydrogen-bond donors (Lipinski definition) is 5. The molecule has 134 valence electrons. The number of carbonyl (C=O) groups excluding carboxylic acids is 1. The summed E-state index contributed by atoms with van der Waals surface area (Å²) in [6.07, 6.45) is 4.17.